The quantitative estimate of drug-likeness (QED) is 0.649. The number of hydrogen-bond donors (Lipinski definition) is 2. The van der Waals surface area contributed by atoms with Gasteiger partial charge in [-0.2, -0.15) is 13.2 Å². The fourth-order valence-electron chi connectivity index (χ4n) is 2.83. The predicted octanol–water partition coefficient (Wildman–Crippen LogP) is 3.52. The van der Waals surface area contributed by atoms with Gasteiger partial charge in [0.05, 0.1) is 32.4 Å². The van der Waals surface area contributed by atoms with E-state index in [1.54, 1.807) is 5.32 Å². The maximum absolute atomic E-state index is 12.5. The molecule has 1 heterocycles. The summed E-state index contributed by atoms with van der Waals surface area (Å²) in [6.07, 6.45) is -4.61. The van der Waals surface area contributed by atoms with Crippen molar-refractivity contribution in [2.45, 2.75) is 6.18 Å². The molecule has 0 saturated heterocycles. The molecule has 0 atom stereocenters. The topological polar surface area (TPSA) is 95.6 Å². The van der Waals surface area contributed by atoms with Crippen molar-refractivity contribution in [3.63, 3.8) is 0 Å². The number of hydrogen-bond acceptors (Lipinski definition) is 4. The smallest absolute Gasteiger partial charge is 0.343 e. The van der Waals surface area contributed by atoms with Gasteiger partial charge in [0.1, 0.15) is 13.1 Å². The molecule has 7 nitrogen and oxygen atoms in total. The number of nitrogens with one attached hydrogen (secondary N) is 2. The lowest BCUT2D eigenvalue weighted by Gasteiger charge is -2.15. The molecule has 0 saturated carbocycles. The highest BCUT2D eigenvalue weighted by molar-refractivity contribution is 6.43. The van der Waals surface area contributed by atoms with E-state index in [0.29, 0.717) is 4.90 Å². The van der Waals surface area contributed by atoms with Crippen molar-refractivity contribution in [1.29, 1.82) is 0 Å². The molecule has 0 unspecified atom stereocenters. The van der Waals surface area contributed by atoms with Gasteiger partial charge in [0.2, 0.25) is 5.91 Å². The van der Waals surface area contributed by atoms with Crippen molar-refractivity contribution in [2.75, 3.05) is 18.4 Å². The molecular weight excluding hydrogens is 462 g/mol. The summed E-state index contributed by atoms with van der Waals surface area (Å²) in [5.41, 5.74) is -0.339. The van der Waals surface area contributed by atoms with Gasteiger partial charge in [0, 0.05) is 0 Å². The van der Waals surface area contributed by atoms with Crippen LogP contribution in [0.3, 0.4) is 0 Å². The average Bonchev–Trinajstić information content (AvgIpc) is 2.91. The minimum Gasteiger partial charge on any atom is -0.343 e. The number of rotatable bonds is 5. The lowest BCUT2D eigenvalue weighted by molar-refractivity contribution is -0.123. The van der Waals surface area contributed by atoms with Gasteiger partial charge in [-0.3, -0.25) is 24.1 Å². The van der Waals surface area contributed by atoms with Gasteiger partial charge in [0.15, 0.2) is 0 Å². The zero-order chi connectivity index (χ0) is 22.9. The molecule has 0 aliphatic carbocycles. The number of nitrogens with zero attached hydrogens (tertiary/aromatic N) is 1. The number of para-hydroxylation sites is 1. The van der Waals surface area contributed by atoms with Crippen molar-refractivity contribution in [2.24, 2.45) is 0 Å². The van der Waals surface area contributed by atoms with E-state index in [-0.39, 0.29) is 32.4 Å². The fraction of sp³-hybridized carbons (Fsp3) is 0.158. The van der Waals surface area contributed by atoms with Crippen LogP contribution in [-0.2, 0) is 4.79 Å². The van der Waals surface area contributed by atoms with Gasteiger partial charge in [-0.25, -0.2) is 0 Å². The van der Waals surface area contributed by atoms with E-state index in [2.05, 4.69) is 5.32 Å². The Hall–Kier alpha value is -3.11. The second kappa shape index (κ2) is 8.56. The first kappa shape index (κ1) is 22.6. The highest BCUT2D eigenvalue weighted by Crippen LogP contribution is 2.31. The highest BCUT2D eigenvalue weighted by atomic mass is 35.5. The first-order valence-corrected chi connectivity index (χ1v) is 9.32. The van der Waals surface area contributed by atoms with Crippen LogP contribution < -0.4 is 10.6 Å². The van der Waals surface area contributed by atoms with E-state index < -0.39 is 42.9 Å². The largest absolute Gasteiger partial charge is 0.405 e. The van der Waals surface area contributed by atoms with Gasteiger partial charge < -0.3 is 10.6 Å². The number of alkyl halides is 3. The van der Waals surface area contributed by atoms with E-state index in [1.807, 2.05) is 0 Å². The molecule has 2 N–H and O–H groups in total. The minimum absolute atomic E-state index is 0.0147. The van der Waals surface area contributed by atoms with Crippen LogP contribution in [0, 0.1) is 0 Å². The van der Waals surface area contributed by atoms with Crippen molar-refractivity contribution in [3.05, 3.63) is 63.1 Å². The summed E-state index contributed by atoms with van der Waals surface area (Å²) < 4.78 is 37.0. The maximum Gasteiger partial charge on any atom is 0.405 e. The standard InChI is InChI=1S/C19H12Cl2F3N3O4/c20-12-5-10-11(6-13(12)21)18(31)27(17(10)30)7-15(28)26-14-4-2-1-3-9(14)16(29)25-8-19(22,23)24/h1-6H,7-8H2,(H,25,29)(H,26,28). The lowest BCUT2D eigenvalue weighted by atomic mass is 10.1. The summed E-state index contributed by atoms with van der Waals surface area (Å²) in [5.74, 6) is -3.42. The number of halogens is 5. The molecule has 12 heteroatoms. The van der Waals surface area contributed by atoms with Crippen LogP contribution in [0.5, 0.6) is 0 Å². The molecule has 1 aliphatic rings. The molecule has 4 amide bonds. The zero-order valence-electron chi connectivity index (χ0n) is 15.3. The Labute approximate surface area is 183 Å². The molecule has 162 valence electrons. The summed E-state index contributed by atoms with van der Waals surface area (Å²) in [7, 11) is 0. The van der Waals surface area contributed by atoms with Gasteiger partial charge >= 0.3 is 6.18 Å². The Kier molecular flexibility index (Phi) is 6.23. The monoisotopic (exact) mass is 473 g/mol. The maximum atomic E-state index is 12.5. The Morgan fingerprint density at radius 1 is 0.968 bits per heavy atom. The number of carbonyl (C=O) groups is 4. The number of anilines is 1. The third-order valence-corrected chi connectivity index (χ3v) is 4.93. The summed E-state index contributed by atoms with van der Waals surface area (Å²) in [4.78, 5) is 50.1. The van der Waals surface area contributed by atoms with Crippen LogP contribution in [0.4, 0.5) is 18.9 Å². The first-order valence-electron chi connectivity index (χ1n) is 8.57. The molecule has 3 rings (SSSR count). The van der Waals surface area contributed by atoms with Crippen LogP contribution in [0.2, 0.25) is 10.0 Å². The average molecular weight is 474 g/mol. The molecule has 0 spiro atoms. The molecular formula is C19H12Cl2F3N3O4. The van der Waals surface area contributed by atoms with Crippen LogP contribution in [0.25, 0.3) is 0 Å². The van der Waals surface area contributed by atoms with Crippen LogP contribution in [0.15, 0.2) is 36.4 Å². The number of imide groups is 1. The van der Waals surface area contributed by atoms with E-state index in [0.717, 1.165) is 0 Å². The summed E-state index contributed by atoms with van der Waals surface area (Å²) in [5, 5.41) is 4.15. The van der Waals surface area contributed by atoms with Gasteiger partial charge in [0.25, 0.3) is 17.7 Å². The summed E-state index contributed by atoms with van der Waals surface area (Å²) in [6.45, 7) is -2.24. The number of benzene rings is 2. The van der Waals surface area contributed by atoms with E-state index in [9.17, 15) is 32.3 Å². The van der Waals surface area contributed by atoms with Crippen LogP contribution in [-0.4, -0.2) is 47.8 Å². The molecule has 0 radical (unpaired) electrons. The molecule has 1 aliphatic heterocycles. The van der Waals surface area contributed by atoms with Gasteiger partial charge in [-0.05, 0) is 24.3 Å². The first-order chi connectivity index (χ1) is 14.5. The second-order valence-electron chi connectivity index (χ2n) is 6.40. The Morgan fingerprint density at radius 2 is 1.52 bits per heavy atom. The third kappa shape index (κ3) is 4.97. The van der Waals surface area contributed by atoms with Crippen molar-refractivity contribution >= 4 is 52.5 Å². The zero-order valence-corrected chi connectivity index (χ0v) is 16.9. The SMILES string of the molecule is O=C(CN1C(=O)c2cc(Cl)c(Cl)cc2C1=O)Nc1ccccc1C(=O)NCC(F)(F)F. The number of carbonyl (C=O) groups excluding carboxylic acids is 4. The lowest BCUT2D eigenvalue weighted by Crippen LogP contribution is -2.38. The van der Waals surface area contributed by atoms with Crippen LogP contribution in [0.1, 0.15) is 31.1 Å². The van der Waals surface area contributed by atoms with Crippen molar-refractivity contribution < 1.29 is 32.3 Å². The molecule has 0 bridgehead atoms. The summed E-state index contributed by atoms with van der Waals surface area (Å²) in [6, 6.07) is 7.79. The molecule has 2 aromatic rings. The van der Waals surface area contributed by atoms with E-state index in [1.165, 1.54) is 36.4 Å². The molecule has 0 aromatic heterocycles. The van der Waals surface area contributed by atoms with Gasteiger partial charge in [-0.15, -0.1) is 0 Å². The second-order valence-corrected chi connectivity index (χ2v) is 7.21. The van der Waals surface area contributed by atoms with E-state index >= 15 is 0 Å². The van der Waals surface area contributed by atoms with Crippen molar-refractivity contribution in [1.82, 2.24) is 10.2 Å². The van der Waals surface area contributed by atoms with Crippen molar-refractivity contribution in [3.8, 4) is 0 Å². The number of amides is 4. The number of fused-ring (bicyclic) bond motifs is 1. The van der Waals surface area contributed by atoms with E-state index in [4.69, 9.17) is 23.2 Å². The normalized spacial score (nSPS) is 13.3. The fourth-order valence-corrected chi connectivity index (χ4v) is 3.15. The predicted molar refractivity (Wildman–Crippen MR) is 105 cm³/mol. The highest BCUT2D eigenvalue weighted by Gasteiger charge is 2.37. The Balaban J connectivity index is 1.73. The summed E-state index contributed by atoms with van der Waals surface area (Å²) >= 11 is 11.7. The third-order valence-electron chi connectivity index (χ3n) is 4.21. The molecule has 31 heavy (non-hydrogen) atoms. The van der Waals surface area contributed by atoms with Crippen LogP contribution >= 0.6 is 23.2 Å². The molecule has 0 fully saturated rings. The minimum atomic E-state index is -4.61. The Morgan fingerprint density at radius 3 is 2.06 bits per heavy atom. The Bertz CT molecular complexity index is 1060. The van der Waals surface area contributed by atoms with Gasteiger partial charge in [-0.1, -0.05) is 35.3 Å². The molecule has 2 aromatic carbocycles.